The van der Waals surface area contributed by atoms with Crippen molar-refractivity contribution in [3.05, 3.63) is 34.4 Å². The predicted octanol–water partition coefficient (Wildman–Crippen LogP) is 3.17. The van der Waals surface area contributed by atoms with Crippen LogP contribution in [0.3, 0.4) is 0 Å². The number of hydrogen-bond donors (Lipinski definition) is 0. The number of nitro groups is 1. The van der Waals surface area contributed by atoms with E-state index in [0.29, 0.717) is 26.3 Å². The smallest absolute Gasteiger partial charge is 0.433 e. The van der Waals surface area contributed by atoms with Gasteiger partial charge in [-0.25, -0.2) is 4.79 Å². The zero-order valence-corrected chi connectivity index (χ0v) is 16.3. The third-order valence-corrected chi connectivity index (χ3v) is 5.49. The number of ether oxygens (including phenoxy) is 3. The van der Waals surface area contributed by atoms with E-state index in [1.165, 1.54) is 24.3 Å². The summed E-state index contributed by atoms with van der Waals surface area (Å²) in [5, 5.41) is 10.7. The summed E-state index contributed by atoms with van der Waals surface area (Å²) < 4.78 is 15.7. The van der Waals surface area contributed by atoms with E-state index in [-0.39, 0.29) is 29.9 Å². The molecular weight excluding hydrogens is 380 g/mol. The molecule has 2 fully saturated rings. The topological polar surface area (TPSA) is 108 Å². The molecule has 1 heterocycles. The summed E-state index contributed by atoms with van der Waals surface area (Å²) in [6.45, 7) is 2.11. The lowest BCUT2D eigenvalue weighted by Gasteiger charge is -2.34. The largest absolute Gasteiger partial charge is 0.513 e. The van der Waals surface area contributed by atoms with Crippen molar-refractivity contribution in [1.82, 2.24) is 4.90 Å². The van der Waals surface area contributed by atoms with Crippen molar-refractivity contribution in [1.29, 1.82) is 0 Å². The average Bonchev–Trinajstić information content (AvgIpc) is 2.75. The standard InChI is InChI=1S/C20H26N2O7/c23-19(21-10-12-27-13-11-21)18(15-4-2-1-3-5-15)14-28-20(24)29-17-8-6-16(7-9-17)22(25)26/h6-9,15,18H,1-5,10-14H2/t18-/m0/s1. The zero-order valence-electron chi connectivity index (χ0n) is 16.3. The molecule has 1 atom stereocenters. The molecule has 0 bridgehead atoms. The number of carbonyl (C=O) groups is 2. The maximum atomic E-state index is 13.0. The van der Waals surface area contributed by atoms with Crippen molar-refractivity contribution in [3.63, 3.8) is 0 Å². The second-order valence-corrected chi connectivity index (χ2v) is 7.36. The molecule has 9 nitrogen and oxygen atoms in total. The minimum Gasteiger partial charge on any atom is -0.433 e. The molecular formula is C20H26N2O7. The number of nitrogens with zero attached hydrogens (tertiary/aromatic N) is 2. The highest BCUT2D eigenvalue weighted by Crippen LogP contribution is 2.32. The first-order valence-electron chi connectivity index (χ1n) is 10.00. The van der Waals surface area contributed by atoms with Gasteiger partial charge in [0.2, 0.25) is 5.91 Å². The first-order chi connectivity index (χ1) is 14.0. The lowest BCUT2D eigenvalue weighted by atomic mass is 9.79. The van der Waals surface area contributed by atoms with E-state index in [9.17, 15) is 19.7 Å². The third-order valence-electron chi connectivity index (χ3n) is 5.49. The van der Waals surface area contributed by atoms with Gasteiger partial charge in [-0.3, -0.25) is 14.9 Å². The van der Waals surface area contributed by atoms with Crippen LogP contribution in [0.1, 0.15) is 32.1 Å². The molecule has 2 aliphatic rings. The van der Waals surface area contributed by atoms with Crippen LogP contribution >= 0.6 is 0 Å². The molecule has 158 valence electrons. The number of hydrogen-bond acceptors (Lipinski definition) is 7. The lowest BCUT2D eigenvalue weighted by Crippen LogP contribution is -2.47. The molecule has 29 heavy (non-hydrogen) atoms. The minimum atomic E-state index is -0.922. The van der Waals surface area contributed by atoms with Crippen molar-refractivity contribution in [3.8, 4) is 5.75 Å². The van der Waals surface area contributed by atoms with Crippen LogP contribution in [0.25, 0.3) is 0 Å². The van der Waals surface area contributed by atoms with Crippen molar-refractivity contribution < 1.29 is 28.7 Å². The average molecular weight is 406 g/mol. The Bertz CT molecular complexity index is 710. The summed E-state index contributed by atoms with van der Waals surface area (Å²) in [6, 6.07) is 5.15. The van der Waals surface area contributed by atoms with Crippen molar-refractivity contribution in [2.45, 2.75) is 32.1 Å². The monoisotopic (exact) mass is 406 g/mol. The van der Waals surface area contributed by atoms with Gasteiger partial charge in [-0.05, 0) is 30.9 Å². The molecule has 0 aromatic heterocycles. The van der Waals surface area contributed by atoms with Gasteiger partial charge in [-0.15, -0.1) is 0 Å². The Hall–Kier alpha value is -2.68. The van der Waals surface area contributed by atoms with Crippen LogP contribution in [0, 0.1) is 22.0 Å². The highest BCUT2D eigenvalue weighted by molar-refractivity contribution is 5.79. The summed E-state index contributed by atoms with van der Waals surface area (Å²) in [7, 11) is 0. The third kappa shape index (κ3) is 5.90. The van der Waals surface area contributed by atoms with Gasteiger partial charge in [-0.1, -0.05) is 19.3 Å². The number of benzene rings is 1. The highest BCUT2D eigenvalue weighted by Gasteiger charge is 2.34. The first kappa shape index (κ1) is 21.0. The van der Waals surface area contributed by atoms with E-state index in [4.69, 9.17) is 14.2 Å². The molecule has 3 rings (SSSR count). The quantitative estimate of drug-likeness (QED) is 0.309. The summed E-state index contributed by atoms with van der Waals surface area (Å²) in [5.74, 6) is -0.0539. The van der Waals surface area contributed by atoms with E-state index in [0.717, 1.165) is 32.1 Å². The van der Waals surface area contributed by atoms with Crippen LogP contribution in [-0.2, 0) is 14.3 Å². The second kappa shape index (κ2) is 10.2. The van der Waals surface area contributed by atoms with Crippen LogP contribution in [0.15, 0.2) is 24.3 Å². The van der Waals surface area contributed by atoms with Crippen LogP contribution in [0.2, 0.25) is 0 Å². The second-order valence-electron chi connectivity index (χ2n) is 7.36. The fraction of sp³-hybridized carbons (Fsp3) is 0.600. The summed E-state index contributed by atoms with van der Waals surface area (Å²) in [5.41, 5.74) is -0.0980. The Morgan fingerprint density at radius 1 is 1.14 bits per heavy atom. The Morgan fingerprint density at radius 3 is 2.41 bits per heavy atom. The van der Waals surface area contributed by atoms with E-state index < -0.39 is 17.0 Å². The van der Waals surface area contributed by atoms with Crippen LogP contribution < -0.4 is 4.74 Å². The van der Waals surface area contributed by atoms with Gasteiger partial charge >= 0.3 is 6.16 Å². The molecule has 9 heteroatoms. The Morgan fingerprint density at radius 2 is 1.79 bits per heavy atom. The fourth-order valence-electron chi connectivity index (χ4n) is 3.88. The van der Waals surface area contributed by atoms with Gasteiger partial charge < -0.3 is 19.1 Å². The van der Waals surface area contributed by atoms with Crippen molar-refractivity contribution in [2.75, 3.05) is 32.9 Å². The van der Waals surface area contributed by atoms with E-state index in [1.54, 1.807) is 4.90 Å². The SMILES string of the molecule is O=C(OC[C@H](C(=O)N1CCOCC1)C1CCCCC1)Oc1ccc([N+](=O)[O-])cc1. The van der Waals surface area contributed by atoms with Crippen LogP contribution in [0.5, 0.6) is 5.75 Å². The number of carbonyl (C=O) groups excluding carboxylic acids is 2. The number of non-ortho nitro benzene ring substituents is 1. The molecule has 0 unspecified atom stereocenters. The van der Waals surface area contributed by atoms with Gasteiger partial charge in [0.05, 0.1) is 24.1 Å². The molecule has 1 aromatic rings. The Kier molecular flexibility index (Phi) is 7.40. The molecule has 1 aliphatic heterocycles. The fourth-order valence-corrected chi connectivity index (χ4v) is 3.88. The lowest BCUT2D eigenvalue weighted by molar-refractivity contribution is -0.384. The summed E-state index contributed by atoms with van der Waals surface area (Å²) in [4.78, 5) is 37.1. The van der Waals surface area contributed by atoms with E-state index in [2.05, 4.69) is 0 Å². The number of amides is 1. The van der Waals surface area contributed by atoms with E-state index in [1.807, 2.05) is 0 Å². The first-order valence-corrected chi connectivity index (χ1v) is 10.00. The van der Waals surface area contributed by atoms with E-state index >= 15 is 0 Å². The maximum absolute atomic E-state index is 13.0. The number of rotatable bonds is 6. The maximum Gasteiger partial charge on any atom is 0.513 e. The summed E-state index contributed by atoms with van der Waals surface area (Å²) >= 11 is 0. The highest BCUT2D eigenvalue weighted by atomic mass is 16.7. The minimum absolute atomic E-state index is 0.00309. The molecule has 0 spiro atoms. The summed E-state index contributed by atoms with van der Waals surface area (Å²) in [6.07, 6.45) is 4.28. The Balaban J connectivity index is 1.58. The van der Waals surface area contributed by atoms with Gasteiger partial charge in [-0.2, -0.15) is 0 Å². The number of morpholine rings is 1. The van der Waals surface area contributed by atoms with Gasteiger partial charge in [0.1, 0.15) is 12.4 Å². The van der Waals surface area contributed by atoms with Crippen molar-refractivity contribution >= 4 is 17.7 Å². The molecule has 1 saturated carbocycles. The van der Waals surface area contributed by atoms with Gasteiger partial charge in [0, 0.05) is 25.2 Å². The van der Waals surface area contributed by atoms with Gasteiger partial charge in [0.15, 0.2) is 0 Å². The predicted molar refractivity (Wildman–Crippen MR) is 103 cm³/mol. The molecule has 1 amide bonds. The Labute approximate surface area is 169 Å². The van der Waals surface area contributed by atoms with Gasteiger partial charge in [0.25, 0.3) is 5.69 Å². The molecule has 1 aliphatic carbocycles. The number of nitro benzene ring substituents is 1. The molecule has 1 aromatic carbocycles. The zero-order chi connectivity index (χ0) is 20.6. The molecule has 0 radical (unpaired) electrons. The normalized spacial score (nSPS) is 18.7. The molecule has 0 N–H and O–H groups in total. The van der Waals surface area contributed by atoms with Crippen LogP contribution in [0.4, 0.5) is 10.5 Å². The molecule has 1 saturated heterocycles. The van der Waals surface area contributed by atoms with Crippen LogP contribution in [-0.4, -0.2) is 54.8 Å². The van der Waals surface area contributed by atoms with Crippen molar-refractivity contribution in [2.24, 2.45) is 11.8 Å².